The highest BCUT2D eigenvalue weighted by Crippen LogP contribution is 2.56. The summed E-state index contributed by atoms with van der Waals surface area (Å²) in [5.74, 6) is 4.76. The molecule has 4 bridgehead atoms. The normalized spacial score (nSPS) is 31.5. The molecular weight excluding hydrogens is 424 g/mol. The molecule has 1 amide bonds. The van der Waals surface area contributed by atoms with E-state index < -0.39 is 0 Å². The number of thioether (sulfide) groups is 1. The number of rotatable bonds is 10. The molecule has 0 atom stereocenters. The largest absolute Gasteiger partial charge is 0.474 e. The van der Waals surface area contributed by atoms with Crippen LogP contribution in [0.1, 0.15) is 75.8 Å². The van der Waals surface area contributed by atoms with E-state index in [4.69, 9.17) is 14.0 Å². The Morgan fingerprint density at radius 1 is 1.12 bits per heavy atom. The topological polar surface area (TPSA) is 73.6 Å². The Kier molecular flexibility index (Phi) is 6.49. The average molecular weight is 463 g/mol. The molecule has 178 valence electrons. The number of hydrogen-bond acceptors (Lipinski definition) is 6. The van der Waals surface area contributed by atoms with E-state index in [-0.39, 0.29) is 11.3 Å². The predicted molar refractivity (Wildman–Crippen MR) is 124 cm³/mol. The van der Waals surface area contributed by atoms with Crippen molar-refractivity contribution in [1.29, 1.82) is 0 Å². The fourth-order valence-corrected chi connectivity index (χ4v) is 7.96. The molecule has 0 radical (unpaired) electrons. The molecule has 7 heteroatoms. The van der Waals surface area contributed by atoms with Gasteiger partial charge >= 0.3 is 0 Å². The summed E-state index contributed by atoms with van der Waals surface area (Å²) in [6.45, 7) is 6.00. The molecule has 1 N–H and O–H groups in total. The molecule has 0 aromatic carbocycles. The van der Waals surface area contributed by atoms with Crippen LogP contribution in [0.5, 0.6) is 5.88 Å². The van der Waals surface area contributed by atoms with Gasteiger partial charge in [0.15, 0.2) is 0 Å². The van der Waals surface area contributed by atoms with E-state index in [1.807, 2.05) is 0 Å². The third kappa shape index (κ3) is 4.70. The molecule has 6 rings (SSSR count). The zero-order chi connectivity index (χ0) is 22.3. The van der Waals surface area contributed by atoms with E-state index in [0.717, 1.165) is 35.1 Å². The van der Waals surface area contributed by atoms with E-state index in [2.05, 4.69) is 24.3 Å². The highest BCUT2D eigenvalue weighted by Gasteiger charge is 2.48. The number of carbonyl (C=O) groups excluding carboxylic acids is 1. The Morgan fingerprint density at radius 2 is 1.81 bits per heavy atom. The summed E-state index contributed by atoms with van der Waals surface area (Å²) in [7, 11) is 1.70. The lowest BCUT2D eigenvalue weighted by molar-refractivity contribution is -0.0348. The molecule has 5 aliphatic rings. The molecule has 0 saturated heterocycles. The average Bonchev–Trinajstić information content (AvgIpc) is 3.11. The lowest BCUT2D eigenvalue weighted by Gasteiger charge is -2.54. The third-order valence-corrected chi connectivity index (χ3v) is 9.62. The standard InChI is InChI=1S/C25H38N2O4S/c1-25(2,13-29-3)14-30-24-22(32-19-5-4-6-19)21(31-27-24)23(28)26-12-20-17-8-15-7-16(10-17)11-18(20)9-15/h15-20H,4-14H2,1-3H3,(H,26,28). The minimum Gasteiger partial charge on any atom is -0.474 e. The Labute approximate surface area is 195 Å². The third-order valence-electron chi connectivity index (χ3n) is 8.22. The van der Waals surface area contributed by atoms with Crippen molar-refractivity contribution in [3.05, 3.63) is 5.76 Å². The molecule has 5 saturated carbocycles. The van der Waals surface area contributed by atoms with Gasteiger partial charge in [0.2, 0.25) is 5.76 Å². The second-order valence-electron chi connectivity index (χ2n) is 11.5. The second-order valence-corrected chi connectivity index (χ2v) is 12.8. The monoisotopic (exact) mass is 462 g/mol. The molecule has 1 heterocycles. The van der Waals surface area contributed by atoms with Crippen LogP contribution >= 0.6 is 11.8 Å². The van der Waals surface area contributed by atoms with Gasteiger partial charge in [0.05, 0.1) is 13.2 Å². The van der Waals surface area contributed by atoms with Gasteiger partial charge in [-0.2, -0.15) is 0 Å². The second kappa shape index (κ2) is 9.21. The smallest absolute Gasteiger partial charge is 0.291 e. The molecule has 32 heavy (non-hydrogen) atoms. The summed E-state index contributed by atoms with van der Waals surface area (Å²) in [6, 6.07) is 0. The lowest BCUT2D eigenvalue weighted by atomic mass is 9.52. The van der Waals surface area contributed by atoms with Gasteiger partial charge in [0.25, 0.3) is 11.8 Å². The molecular formula is C25H38N2O4S. The Hall–Kier alpha value is -1.21. The van der Waals surface area contributed by atoms with Gasteiger partial charge in [-0.1, -0.05) is 20.3 Å². The number of amides is 1. The summed E-state index contributed by atoms with van der Waals surface area (Å²) in [4.78, 5) is 13.9. The van der Waals surface area contributed by atoms with E-state index in [1.165, 1.54) is 51.4 Å². The van der Waals surface area contributed by atoms with Crippen molar-refractivity contribution in [3.8, 4) is 5.88 Å². The van der Waals surface area contributed by atoms with Crippen LogP contribution in [0.4, 0.5) is 0 Å². The summed E-state index contributed by atoms with van der Waals surface area (Å²) in [6.07, 6.45) is 10.5. The first-order valence-electron chi connectivity index (χ1n) is 12.5. The maximum atomic E-state index is 13.2. The fourth-order valence-electron chi connectivity index (χ4n) is 6.62. The molecule has 0 unspecified atom stereocenters. The van der Waals surface area contributed by atoms with Crippen molar-refractivity contribution in [2.24, 2.45) is 35.0 Å². The zero-order valence-corrected chi connectivity index (χ0v) is 20.5. The van der Waals surface area contributed by atoms with E-state index in [1.54, 1.807) is 18.9 Å². The Bertz CT molecular complexity index is 791. The first-order valence-corrected chi connectivity index (χ1v) is 13.4. The van der Waals surface area contributed by atoms with Gasteiger partial charge in [-0.15, -0.1) is 11.8 Å². The van der Waals surface area contributed by atoms with Crippen LogP contribution in [-0.2, 0) is 4.74 Å². The Balaban J connectivity index is 1.24. The molecule has 6 nitrogen and oxygen atoms in total. The number of nitrogens with one attached hydrogen (secondary N) is 1. The number of aromatic nitrogens is 1. The summed E-state index contributed by atoms with van der Waals surface area (Å²) >= 11 is 1.69. The van der Waals surface area contributed by atoms with E-state index in [0.29, 0.717) is 36.0 Å². The number of methoxy groups -OCH3 is 1. The van der Waals surface area contributed by atoms with E-state index in [9.17, 15) is 4.79 Å². The number of carbonyl (C=O) groups is 1. The molecule has 5 fully saturated rings. The van der Waals surface area contributed by atoms with Gasteiger partial charge < -0.3 is 19.3 Å². The lowest BCUT2D eigenvalue weighted by Crippen LogP contribution is -2.49. The van der Waals surface area contributed by atoms with Crippen molar-refractivity contribution in [3.63, 3.8) is 0 Å². The fraction of sp³-hybridized carbons (Fsp3) is 0.840. The quantitative estimate of drug-likeness (QED) is 0.517. The van der Waals surface area contributed by atoms with Crippen molar-refractivity contribution in [2.75, 3.05) is 26.9 Å². The first-order chi connectivity index (χ1) is 15.4. The van der Waals surface area contributed by atoms with E-state index >= 15 is 0 Å². The highest BCUT2D eigenvalue weighted by atomic mass is 32.2. The van der Waals surface area contributed by atoms with Crippen LogP contribution in [0.25, 0.3) is 0 Å². The van der Waals surface area contributed by atoms with Crippen molar-refractivity contribution in [1.82, 2.24) is 10.5 Å². The molecule has 1 aromatic heterocycles. The molecule has 0 aliphatic heterocycles. The minimum atomic E-state index is -0.145. The summed E-state index contributed by atoms with van der Waals surface area (Å²) in [5.41, 5.74) is -0.145. The molecule has 1 aromatic rings. The van der Waals surface area contributed by atoms with Crippen LogP contribution in [0, 0.1) is 35.0 Å². The van der Waals surface area contributed by atoms with Crippen LogP contribution in [0.2, 0.25) is 0 Å². The Morgan fingerprint density at radius 3 is 2.41 bits per heavy atom. The van der Waals surface area contributed by atoms with Gasteiger partial charge in [0, 0.05) is 24.3 Å². The maximum absolute atomic E-state index is 13.2. The molecule has 0 spiro atoms. The SMILES string of the molecule is COCC(C)(C)COc1noc(C(=O)NCC2C3CC4CC(C3)CC2C4)c1SC1CCC1. The van der Waals surface area contributed by atoms with Crippen molar-refractivity contribution < 1.29 is 18.8 Å². The predicted octanol–water partition coefficient (Wildman–Crippen LogP) is 5.17. The van der Waals surface area contributed by atoms with Gasteiger partial charge in [-0.05, 0) is 79.7 Å². The van der Waals surface area contributed by atoms with Crippen LogP contribution < -0.4 is 10.1 Å². The van der Waals surface area contributed by atoms with Gasteiger partial charge in [-0.25, -0.2) is 0 Å². The van der Waals surface area contributed by atoms with Gasteiger partial charge in [-0.3, -0.25) is 4.79 Å². The summed E-state index contributed by atoms with van der Waals surface area (Å²) in [5, 5.41) is 7.89. The first kappa shape index (κ1) is 22.6. The van der Waals surface area contributed by atoms with Crippen LogP contribution in [0.3, 0.4) is 0 Å². The number of nitrogens with zero attached hydrogens (tertiary/aromatic N) is 1. The van der Waals surface area contributed by atoms with Crippen LogP contribution in [0.15, 0.2) is 9.42 Å². The van der Waals surface area contributed by atoms with Crippen molar-refractivity contribution in [2.45, 2.75) is 75.4 Å². The zero-order valence-electron chi connectivity index (χ0n) is 19.7. The highest BCUT2D eigenvalue weighted by molar-refractivity contribution is 8.00. The number of hydrogen-bond donors (Lipinski definition) is 1. The number of ether oxygens (including phenoxy) is 2. The maximum Gasteiger partial charge on any atom is 0.291 e. The van der Waals surface area contributed by atoms with Gasteiger partial charge in [0.1, 0.15) is 4.90 Å². The summed E-state index contributed by atoms with van der Waals surface area (Å²) < 4.78 is 16.9. The van der Waals surface area contributed by atoms with Crippen LogP contribution in [-0.4, -0.2) is 43.2 Å². The molecule has 5 aliphatic carbocycles. The minimum absolute atomic E-state index is 0.140. The van der Waals surface area contributed by atoms with Crippen molar-refractivity contribution >= 4 is 17.7 Å².